The van der Waals surface area contributed by atoms with E-state index in [4.69, 9.17) is 17.3 Å². The second-order valence-electron chi connectivity index (χ2n) is 6.40. The van der Waals surface area contributed by atoms with Crippen molar-refractivity contribution in [3.8, 4) is 0 Å². The number of nitrogens with zero attached hydrogens (tertiary/aromatic N) is 3. The number of thiocarbonyl (C=S) groups is 1. The van der Waals surface area contributed by atoms with Crippen LogP contribution in [0.5, 0.6) is 0 Å². The summed E-state index contributed by atoms with van der Waals surface area (Å²) in [4.78, 5) is 32.4. The number of thioether (sulfide) groups is 1. The standard InChI is InChI=1S/C19H22N4O3S2/c1-3-4-8-23-18(26)14(28-19(23)27)11-13-15(20-7-10-24)21-16-12(2)6-5-9-22(16)17(13)25/h5-6,9,11,20,24H,3-4,7-8,10H2,1-2H3. The third-order valence-corrected chi connectivity index (χ3v) is 5.75. The fraction of sp³-hybridized carbons (Fsp3) is 0.368. The van der Waals surface area contributed by atoms with Crippen LogP contribution in [0.25, 0.3) is 11.7 Å². The smallest absolute Gasteiger partial charge is 0.267 e. The Morgan fingerprint density at radius 3 is 2.89 bits per heavy atom. The Labute approximate surface area is 172 Å². The van der Waals surface area contributed by atoms with Gasteiger partial charge in [-0.3, -0.25) is 18.9 Å². The number of aromatic nitrogens is 2. The van der Waals surface area contributed by atoms with Gasteiger partial charge in [0.2, 0.25) is 0 Å². The molecule has 0 radical (unpaired) electrons. The highest BCUT2D eigenvalue weighted by atomic mass is 32.2. The van der Waals surface area contributed by atoms with E-state index < -0.39 is 0 Å². The second-order valence-corrected chi connectivity index (χ2v) is 8.08. The van der Waals surface area contributed by atoms with Gasteiger partial charge < -0.3 is 10.4 Å². The molecule has 9 heteroatoms. The summed E-state index contributed by atoms with van der Waals surface area (Å²) in [7, 11) is 0. The van der Waals surface area contributed by atoms with Gasteiger partial charge in [-0.2, -0.15) is 0 Å². The van der Waals surface area contributed by atoms with Crippen molar-refractivity contribution in [1.29, 1.82) is 0 Å². The van der Waals surface area contributed by atoms with E-state index in [-0.39, 0.29) is 30.2 Å². The first kappa shape index (κ1) is 20.5. The number of carbonyl (C=O) groups excluding carboxylic acids is 1. The van der Waals surface area contributed by atoms with Crippen molar-refractivity contribution in [2.75, 3.05) is 25.0 Å². The van der Waals surface area contributed by atoms with Crippen LogP contribution in [0.2, 0.25) is 0 Å². The van der Waals surface area contributed by atoms with Crippen LogP contribution in [0.1, 0.15) is 30.9 Å². The lowest BCUT2D eigenvalue weighted by atomic mass is 10.2. The number of hydrogen-bond acceptors (Lipinski definition) is 7. The molecule has 2 aromatic heterocycles. The van der Waals surface area contributed by atoms with Crippen LogP contribution in [-0.2, 0) is 4.79 Å². The van der Waals surface area contributed by atoms with Crippen LogP contribution in [0, 0.1) is 6.92 Å². The van der Waals surface area contributed by atoms with Crippen molar-refractivity contribution >= 4 is 51.7 Å². The molecule has 0 aliphatic carbocycles. The van der Waals surface area contributed by atoms with E-state index in [1.165, 1.54) is 16.2 Å². The van der Waals surface area contributed by atoms with Crippen molar-refractivity contribution in [3.05, 3.63) is 44.7 Å². The Bertz CT molecular complexity index is 1020. The molecule has 1 fully saturated rings. The summed E-state index contributed by atoms with van der Waals surface area (Å²) in [6.45, 7) is 4.63. The lowest BCUT2D eigenvalue weighted by Crippen LogP contribution is -2.29. The summed E-state index contributed by atoms with van der Waals surface area (Å²) >= 11 is 6.53. The number of amides is 1. The molecular weight excluding hydrogens is 396 g/mol. The minimum Gasteiger partial charge on any atom is -0.395 e. The number of nitrogens with one attached hydrogen (secondary N) is 1. The van der Waals surface area contributed by atoms with E-state index in [2.05, 4.69) is 17.2 Å². The molecule has 28 heavy (non-hydrogen) atoms. The maximum absolute atomic E-state index is 13.1. The molecule has 0 aromatic carbocycles. The lowest BCUT2D eigenvalue weighted by molar-refractivity contribution is -0.122. The number of aliphatic hydroxyl groups excluding tert-OH is 1. The van der Waals surface area contributed by atoms with E-state index in [1.54, 1.807) is 23.2 Å². The highest BCUT2D eigenvalue weighted by Crippen LogP contribution is 2.33. The molecule has 2 N–H and O–H groups in total. The van der Waals surface area contributed by atoms with E-state index in [1.807, 2.05) is 13.0 Å². The fourth-order valence-electron chi connectivity index (χ4n) is 2.89. The predicted octanol–water partition coefficient (Wildman–Crippen LogP) is 2.41. The minimum absolute atomic E-state index is 0.104. The van der Waals surface area contributed by atoms with Crippen LogP contribution in [-0.4, -0.2) is 49.3 Å². The first-order chi connectivity index (χ1) is 13.5. The molecule has 1 amide bonds. The number of pyridine rings is 1. The molecule has 0 spiro atoms. The average Bonchev–Trinajstić information content (AvgIpc) is 2.94. The maximum atomic E-state index is 13.1. The number of rotatable bonds is 7. The summed E-state index contributed by atoms with van der Waals surface area (Å²) in [5, 5.41) is 12.1. The average molecular weight is 419 g/mol. The molecule has 0 unspecified atom stereocenters. The van der Waals surface area contributed by atoms with Crippen LogP contribution < -0.4 is 10.9 Å². The monoisotopic (exact) mass is 418 g/mol. The minimum atomic E-state index is -0.284. The number of aliphatic hydroxyl groups is 1. The van der Waals surface area contributed by atoms with Crippen molar-refractivity contribution in [3.63, 3.8) is 0 Å². The molecule has 1 saturated heterocycles. The second kappa shape index (κ2) is 8.85. The highest BCUT2D eigenvalue weighted by molar-refractivity contribution is 8.26. The zero-order valence-corrected chi connectivity index (χ0v) is 17.4. The molecule has 0 saturated carbocycles. The number of carbonyl (C=O) groups is 1. The molecule has 1 aliphatic rings. The van der Waals surface area contributed by atoms with Crippen LogP contribution in [0.4, 0.5) is 5.82 Å². The van der Waals surface area contributed by atoms with Gasteiger partial charge in [0, 0.05) is 19.3 Å². The molecule has 0 bridgehead atoms. The highest BCUT2D eigenvalue weighted by Gasteiger charge is 2.32. The van der Waals surface area contributed by atoms with E-state index in [0.717, 1.165) is 18.4 Å². The molecule has 7 nitrogen and oxygen atoms in total. The molecule has 3 rings (SSSR count). The molecule has 2 aromatic rings. The zero-order valence-electron chi connectivity index (χ0n) is 15.8. The van der Waals surface area contributed by atoms with Crippen molar-refractivity contribution < 1.29 is 9.90 Å². The Morgan fingerprint density at radius 2 is 2.18 bits per heavy atom. The van der Waals surface area contributed by atoms with E-state index >= 15 is 0 Å². The zero-order chi connectivity index (χ0) is 20.3. The van der Waals surface area contributed by atoms with Crippen molar-refractivity contribution in [2.45, 2.75) is 26.7 Å². The first-order valence-electron chi connectivity index (χ1n) is 9.10. The predicted molar refractivity (Wildman–Crippen MR) is 117 cm³/mol. The van der Waals surface area contributed by atoms with E-state index in [9.17, 15) is 9.59 Å². The van der Waals surface area contributed by atoms with Gasteiger partial charge in [0.05, 0.1) is 17.1 Å². The number of anilines is 1. The molecule has 148 valence electrons. The summed E-state index contributed by atoms with van der Waals surface area (Å²) < 4.78 is 1.96. The van der Waals surface area contributed by atoms with Crippen LogP contribution >= 0.6 is 24.0 Å². The number of hydrogen-bond donors (Lipinski definition) is 2. The van der Waals surface area contributed by atoms with Gasteiger partial charge in [0.15, 0.2) is 0 Å². The summed E-state index contributed by atoms with van der Waals surface area (Å²) in [6.07, 6.45) is 5.02. The van der Waals surface area contributed by atoms with Gasteiger partial charge >= 0.3 is 0 Å². The largest absolute Gasteiger partial charge is 0.395 e. The third-order valence-electron chi connectivity index (χ3n) is 4.37. The molecular formula is C19H22N4O3S2. The summed E-state index contributed by atoms with van der Waals surface area (Å²) in [6, 6.07) is 3.65. The number of unbranched alkanes of at least 4 members (excludes halogenated alkanes) is 1. The van der Waals surface area contributed by atoms with Crippen LogP contribution in [0.3, 0.4) is 0 Å². The number of fused-ring (bicyclic) bond motifs is 1. The topological polar surface area (TPSA) is 86.9 Å². The van der Waals surface area contributed by atoms with Gasteiger partial charge in [-0.05, 0) is 31.1 Å². The van der Waals surface area contributed by atoms with E-state index in [0.29, 0.717) is 27.2 Å². The van der Waals surface area contributed by atoms with Gasteiger partial charge in [-0.25, -0.2) is 4.98 Å². The van der Waals surface area contributed by atoms with Crippen molar-refractivity contribution in [2.24, 2.45) is 0 Å². The Balaban J connectivity index is 2.10. The van der Waals surface area contributed by atoms with Crippen LogP contribution in [0.15, 0.2) is 28.0 Å². The SMILES string of the molecule is CCCCN1C(=O)C(=Cc2c(NCCO)nc3c(C)cccn3c2=O)SC1=S. The third kappa shape index (κ3) is 3.96. The lowest BCUT2D eigenvalue weighted by Gasteiger charge is -2.13. The van der Waals surface area contributed by atoms with Gasteiger partial charge in [0.1, 0.15) is 15.8 Å². The normalized spacial score (nSPS) is 15.8. The Kier molecular flexibility index (Phi) is 6.48. The van der Waals surface area contributed by atoms with Gasteiger partial charge in [-0.1, -0.05) is 43.4 Å². The quantitative estimate of drug-likeness (QED) is 0.527. The Morgan fingerprint density at radius 1 is 1.39 bits per heavy atom. The summed E-state index contributed by atoms with van der Waals surface area (Å²) in [5.74, 6) is 0.150. The summed E-state index contributed by atoms with van der Waals surface area (Å²) in [5.41, 5.74) is 1.37. The fourth-order valence-corrected chi connectivity index (χ4v) is 4.18. The molecule has 0 atom stereocenters. The van der Waals surface area contributed by atoms with Gasteiger partial charge in [-0.15, -0.1) is 0 Å². The van der Waals surface area contributed by atoms with Crippen molar-refractivity contribution in [1.82, 2.24) is 14.3 Å². The van der Waals surface area contributed by atoms with Gasteiger partial charge in [0.25, 0.3) is 11.5 Å². The Hall–Kier alpha value is -2.23. The number of aryl methyl sites for hydroxylation is 1. The molecule has 3 heterocycles. The first-order valence-corrected chi connectivity index (χ1v) is 10.3. The maximum Gasteiger partial charge on any atom is 0.267 e. The molecule has 1 aliphatic heterocycles.